The number of carbonyl (C=O) groups is 1. The van der Waals surface area contributed by atoms with Crippen LogP contribution in [-0.4, -0.2) is 22.2 Å². The summed E-state index contributed by atoms with van der Waals surface area (Å²) in [5.41, 5.74) is 0.246. The number of rotatable bonds is 3. The normalized spacial score (nSPS) is 19.6. The number of nitrogens with zero attached hydrogens (tertiary/aromatic N) is 1. The van der Waals surface area contributed by atoms with Crippen LogP contribution in [0.2, 0.25) is 0 Å². The standard InChI is InChI=1S/C11H10FNO3S/c12-9-2-7(3-10(4-9)13(15)16)1-8-5-17-6-11(8)14/h2-4,8H,1,5-6H2. The second kappa shape index (κ2) is 4.83. The average molecular weight is 255 g/mol. The van der Waals surface area contributed by atoms with Crippen molar-refractivity contribution in [3.05, 3.63) is 39.7 Å². The van der Waals surface area contributed by atoms with Crippen molar-refractivity contribution in [2.45, 2.75) is 6.42 Å². The Morgan fingerprint density at radius 3 is 2.82 bits per heavy atom. The van der Waals surface area contributed by atoms with Crippen LogP contribution in [0.3, 0.4) is 0 Å². The van der Waals surface area contributed by atoms with Crippen LogP contribution in [0.25, 0.3) is 0 Å². The molecule has 2 rings (SSSR count). The summed E-state index contributed by atoms with van der Waals surface area (Å²) in [5, 5.41) is 10.6. The van der Waals surface area contributed by atoms with E-state index in [4.69, 9.17) is 0 Å². The van der Waals surface area contributed by atoms with E-state index in [-0.39, 0.29) is 17.4 Å². The van der Waals surface area contributed by atoms with E-state index in [1.165, 1.54) is 12.1 Å². The summed E-state index contributed by atoms with van der Waals surface area (Å²) in [6, 6.07) is 3.47. The third-order valence-corrected chi connectivity index (χ3v) is 3.78. The molecule has 1 aromatic carbocycles. The molecule has 1 atom stereocenters. The number of benzene rings is 1. The molecular weight excluding hydrogens is 245 g/mol. The number of hydrogen-bond acceptors (Lipinski definition) is 4. The zero-order valence-electron chi connectivity index (χ0n) is 8.89. The number of halogens is 1. The second-order valence-corrected chi connectivity index (χ2v) is 4.99. The van der Waals surface area contributed by atoms with E-state index in [2.05, 4.69) is 0 Å². The third-order valence-electron chi connectivity index (χ3n) is 2.65. The van der Waals surface area contributed by atoms with Gasteiger partial charge in [0.25, 0.3) is 5.69 Å². The molecule has 0 saturated carbocycles. The lowest BCUT2D eigenvalue weighted by molar-refractivity contribution is -0.385. The summed E-state index contributed by atoms with van der Waals surface area (Å²) in [6.45, 7) is 0. The highest BCUT2D eigenvalue weighted by molar-refractivity contribution is 8.00. The van der Waals surface area contributed by atoms with Gasteiger partial charge in [0.1, 0.15) is 11.6 Å². The first-order chi connectivity index (χ1) is 8.06. The van der Waals surface area contributed by atoms with Crippen molar-refractivity contribution in [2.24, 2.45) is 5.92 Å². The fourth-order valence-corrected chi connectivity index (χ4v) is 2.97. The lowest BCUT2D eigenvalue weighted by atomic mass is 9.97. The Bertz CT molecular complexity index is 478. The van der Waals surface area contributed by atoms with Crippen LogP contribution in [0.15, 0.2) is 18.2 Å². The number of thioether (sulfide) groups is 1. The monoisotopic (exact) mass is 255 g/mol. The number of nitro benzene ring substituents is 1. The fourth-order valence-electron chi connectivity index (χ4n) is 1.83. The van der Waals surface area contributed by atoms with Crippen LogP contribution in [-0.2, 0) is 11.2 Å². The molecule has 1 saturated heterocycles. The van der Waals surface area contributed by atoms with E-state index in [9.17, 15) is 19.3 Å². The minimum atomic E-state index is -0.632. The topological polar surface area (TPSA) is 60.2 Å². The van der Waals surface area contributed by atoms with Gasteiger partial charge >= 0.3 is 0 Å². The quantitative estimate of drug-likeness (QED) is 0.613. The first-order valence-electron chi connectivity index (χ1n) is 5.10. The minimum absolute atomic E-state index is 0.138. The second-order valence-electron chi connectivity index (χ2n) is 3.96. The van der Waals surface area contributed by atoms with E-state index in [1.807, 2.05) is 0 Å². The van der Waals surface area contributed by atoms with Gasteiger partial charge < -0.3 is 0 Å². The maximum absolute atomic E-state index is 13.2. The van der Waals surface area contributed by atoms with Crippen molar-refractivity contribution in [2.75, 3.05) is 11.5 Å². The zero-order chi connectivity index (χ0) is 12.4. The highest BCUT2D eigenvalue weighted by atomic mass is 32.2. The van der Waals surface area contributed by atoms with Crippen LogP contribution < -0.4 is 0 Å². The molecule has 17 heavy (non-hydrogen) atoms. The number of nitro groups is 1. The molecule has 1 unspecified atom stereocenters. The Morgan fingerprint density at radius 2 is 2.24 bits per heavy atom. The Kier molecular flexibility index (Phi) is 3.42. The largest absolute Gasteiger partial charge is 0.298 e. The molecule has 1 aromatic rings. The van der Waals surface area contributed by atoms with Crippen LogP contribution in [0, 0.1) is 21.8 Å². The van der Waals surface area contributed by atoms with Crippen LogP contribution in [0.5, 0.6) is 0 Å². The molecule has 1 fully saturated rings. The van der Waals surface area contributed by atoms with E-state index < -0.39 is 10.7 Å². The first-order valence-corrected chi connectivity index (χ1v) is 6.26. The smallest absolute Gasteiger partial charge is 0.272 e. The maximum atomic E-state index is 13.2. The number of ketones is 1. The van der Waals surface area contributed by atoms with Gasteiger partial charge in [-0.15, -0.1) is 0 Å². The average Bonchev–Trinajstić information content (AvgIpc) is 2.63. The summed E-state index contributed by atoms with van der Waals surface area (Å²) >= 11 is 1.55. The van der Waals surface area contributed by atoms with E-state index in [0.29, 0.717) is 23.5 Å². The number of non-ortho nitro benzene ring substituents is 1. The van der Waals surface area contributed by atoms with Gasteiger partial charge in [-0.25, -0.2) is 4.39 Å². The SMILES string of the molecule is O=C1CSCC1Cc1cc(F)cc([N+](=O)[O-])c1. The highest BCUT2D eigenvalue weighted by Gasteiger charge is 2.25. The number of Topliss-reactive ketones (excluding diaryl/α,β-unsaturated/α-hetero) is 1. The van der Waals surface area contributed by atoms with Crippen LogP contribution in [0.1, 0.15) is 5.56 Å². The lowest BCUT2D eigenvalue weighted by Gasteiger charge is -2.07. The van der Waals surface area contributed by atoms with Crippen molar-refractivity contribution >= 4 is 23.2 Å². The molecule has 1 heterocycles. The third kappa shape index (κ3) is 2.82. The van der Waals surface area contributed by atoms with Crippen molar-refractivity contribution in [3.63, 3.8) is 0 Å². The van der Waals surface area contributed by atoms with Gasteiger partial charge in [-0.2, -0.15) is 11.8 Å². The van der Waals surface area contributed by atoms with Gasteiger partial charge in [-0.1, -0.05) is 0 Å². The summed E-state index contributed by atoms with van der Waals surface area (Å²) in [6.07, 6.45) is 0.379. The molecule has 0 aliphatic carbocycles. The van der Waals surface area contributed by atoms with Crippen molar-refractivity contribution in [1.29, 1.82) is 0 Å². The zero-order valence-corrected chi connectivity index (χ0v) is 9.71. The summed E-state index contributed by atoms with van der Waals surface area (Å²) < 4.78 is 13.2. The molecule has 0 bridgehead atoms. The van der Waals surface area contributed by atoms with E-state index in [1.54, 1.807) is 11.8 Å². The Morgan fingerprint density at radius 1 is 1.47 bits per heavy atom. The highest BCUT2D eigenvalue weighted by Crippen LogP contribution is 2.25. The Balaban J connectivity index is 2.20. The molecule has 1 aliphatic heterocycles. The first kappa shape index (κ1) is 12.0. The predicted octanol–water partition coefficient (Wildman–Crippen LogP) is 2.21. The van der Waals surface area contributed by atoms with Gasteiger partial charge in [0.2, 0.25) is 0 Å². The molecular formula is C11H10FNO3S. The van der Waals surface area contributed by atoms with Gasteiger partial charge in [0.15, 0.2) is 0 Å². The predicted molar refractivity (Wildman–Crippen MR) is 62.6 cm³/mol. The van der Waals surface area contributed by atoms with Gasteiger partial charge in [0.05, 0.1) is 16.7 Å². The molecule has 6 heteroatoms. The van der Waals surface area contributed by atoms with Gasteiger partial charge in [-0.3, -0.25) is 14.9 Å². The molecule has 0 aromatic heterocycles. The van der Waals surface area contributed by atoms with Crippen molar-refractivity contribution in [3.8, 4) is 0 Å². The molecule has 0 radical (unpaired) electrons. The Labute approximate surface area is 101 Å². The number of hydrogen-bond donors (Lipinski definition) is 0. The van der Waals surface area contributed by atoms with Crippen LogP contribution in [0.4, 0.5) is 10.1 Å². The molecule has 0 spiro atoms. The summed E-state index contributed by atoms with van der Waals surface area (Å²) in [4.78, 5) is 21.4. The number of carbonyl (C=O) groups excluding carboxylic acids is 1. The molecule has 0 amide bonds. The van der Waals surface area contributed by atoms with E-state index in [0.717, 1.165) is 6.07 Å². The fraction of sp³-hybridized carbons (Fsp3) is 0.364. The molecule has 0 N–H and O–H groups in total. The maximum Gasteiger partial charge on any atom is 0.272 e. The molecule has 1 aliphatic rings. The summed E-state index contributed by atoms with van der Waals surface area (Å²) in [7, 11) is 0. The van der Waals surface area contributed by atoms with Crippen LogP contribution >= 0.6 is 11.8 Å². The Hall–Kier alpha value is -1.43. The molecule has 90 valence electrons. The lowest BCUT2D eigenvalue weighted by Crippen LogP contribution is -2.14. The van der Waals surface area contributed by atoms with Crippen molar-refractivity contribution in [1.82, 2.24) is 0 Å². The minimum Gasteiger partial charge on any atom is -0.298 e. The molecule has 4 nitrogen and oxygen atoms in total. The van der Waals surface area contributed by atoms with E-state index >= 15 is 0 Å². The summed E-state index contributed by atoms with van der Waals surface area (Å²) in [5.74, 6) is 0.571. The van der Waals surface area contributed by atoms with Gasteiger partial charge in [0, 0.05) is 17.7 Å². The van der Waals surface area contributed by atoms with Gasteiger partial charge in [-0.05, 0) is 18.1 Å². The van der Waals surface area contributed by atoms with Crippen molar-refractivity contribution < 1.29 is 14.1 Å².